The maximum Gasteiger partial charge on any atom is 0.255 e. The van der Waals surface area contributed by atoms with Gasteiger partial charge in [0.25, 0.3) is 5.91 Å². The molecule has 2 rings (SSSR count). The summed E-state index contributed by atoms with van der Waals surface area (Å²) in [6.07, 6.45) is 3.55. The maximum absolute atomic E-state index is 11.9. The SMILES string of the molecule is NS(=O)c1ccc(C(=O)N2CCCC2)cn1. The molecule has 1 unspecified atom stereocenters. The van der Waals surface area contributed by atoms with Gasteiger partial charge in [-0.2, -0.15) is 0 Å². The van der Waals surface area contributed by atoms with Crippen LogP contribution < -0.4 is 5.14 Å². The van der Waals surface area contributed by atoms with Gasteiger partial charge in [0, 0.05) is 19.3 Å². The van der Waals surface area contributed by atoms with Crippen LogP contribution in [0.1, 0.15) is 23.2 Å². The van der Waals surface area contributed by atoms with Gasteiger partial charge < -0.3 is 4.90 Å². The third-order valence-corrected chi connectivity index (χ3v) is 3.24. The van der Waals surface area contributed by atoms with Gasteiger partial charge in [-0.3, -0.25) is 4.79 Å². The second-order valence-corrected chi connectivity index (χ2v) is 4.69. The van der Waals surface area contributed by atoms with E-state index >= 15 is 0 Å². The zero-order valence-corrected chi connectivity index (χ0v) is 9.57. The Morgan fingerprint density at radius 1 is 1.38 bits per heavy atom. The molecule has 0 radical (unpaired) electrons. The highest BCUT2D eigenvalue weighted by atomic mass is 32.2. The fourth-order valence-electron chi connectivity index (χ4n) is 1.73. The summed E-state index contributed by atoms with van der Waals surface area (Å²) in [7, 11) is -1.59. The molecule has 2 heterocycles. The minimum absolute atomic E-state index is 0.0145. The van der Waals surface area contributed by atoms with Crippen molar-refractivity contribution in [1.82, 2.24) is 9.88 Å². The molecule has 1 fully saturated rings. The van der Waals surface area contributed by atoms with Crippen molar-refractivity contribution in [1.29, 1.82) is 0 Å². The molecule has 0 saturated carbocycles. The summed E-state index contributed by atoms with van der Waals surface area (Å²) in [4.78, 5) is 17.6. The first kappa shape index (κ1) is 11.2. The predicted octanol–water partition coefficient (Wildman–Crippen LogP) is 0.299. The maximum atomic E-state index is 11.9. The number of nitrogens with zero attached hydrogens (tertiary/aromatic N) is 2. The van der Waals surface area contributed by atoms with Crippen LogP contribution in [0, 0.1) is 0 Å². The van der Waals surface area contributed by atoms with Crippen LogP contribution in [0.2, 0.25) is 0 Å². The average molecular weight is 239 g/mol. The molecule has 5 nitrogen and oxygen atoms in total. The number of rotatable bonds is 2. The Kier molecular flexibility index (Phi) is 3.31. The van der Waals surface area contributed by atoms with E-state index in [1.54, 1.807) is 11.0 Å². The minimum Gasteiger partial charge on any atom is -0.339 e. The number of aromatic nitrogens is 1. The van der Waals surface area contributed by atoms with Crippen molar-refractivity contribution < 1.29 is 9.00 Å². The highest BCUT2D eigenvalue weighted by molar-refractivity contribution is 7.82. The minimum atomic E-state index is -1.59. The van der Waals surface area contributed by atoms with Gasteiger partial charge in [0.15, 0.2) is 0 Å². The van der Waals surface area contributed by atoms with Crippen LogP contribution in [0.25, 0.3) is 0 Å². The van der Waals surface area contributed by atoms with E-state index in [1.165, 1.54) is 12.3 Å². The van der Waals surface area contributed by atoms with Gasteiger partial charge in [0.2, 0.25) is 0 Å². The van der Waals surface area contributed by atoms with Crippen LogP contribution in [-0.2, 0) is 11.0 Å². The van der Waals surface area contributed by atoms with Crippen molar-refractivity contribution in [2.24, 2.45) is 5.14 Å². The molecule has 86 valence electrons. The fourth-order valence-corrected chi connectivity index (χ4v) is 2.09. The van der Waals surface area contributed by atoms with Crippen molar-refractivity contribution in [3.8, 4) is 0 Å². The van der Waals surface area contributed by atoms with Crippen LogP contribution >= 0.6 is 0 Å². The third-order valence-electron chi connectivity index (χ3n) is 2.58. The zero-order chi connectivity index (χ0) is 11.5. The molecule has 1 aliphatic rings. The van der Waals surface area contributed by atoms with Gasteiger partial charge >= 0.3 is 0 Å². The molecule has 0 bridgehead atoms. The van der Waals surface area contributed by atoms with Gasteiger partial charge in [-0.1, -0.05) is 0 Å². The molecule has 1 saturated heterocycles. The molecule has 6 heteroatoms. The number of likely N-dealkylation sites (tertiary alicyclic amines) is 1. The van der Waals surface area contributed by atoms with Crippen molar-refractivity contribution in [3.05, 3.63) is 23.9 Å². The molecule has 1 aromatic rings. The molecule has 1 aromatic heterocycles. The predicted molar refractivity (Wildman–Crippen MR) is 60.0 cm³/mol. The fraction of sp³-hybridized carbons (Fsp3) is 0.400. The van der Waals surface area contributed by atoms with Crippen molar-refractivity contribution >= 4 is 16.9 Å². The summed E-state index contributed by atoms with van der Waals surface area (Å²) in [6.45, 7) is 1.62. The summed E-state index contributed by atoms with van der Waals surface area (Å²) in [5.74, 6) is -0.0145. The number of carbonyl (C=O) groups is 1. The second kappa shape index (κ2) is 4.71. The Hall–Kier alpha value is -1.27. The molecule has 16 heavy (non-hydrogen) atoms. The Balaban J connectivity index is 2.14. The Morgan fingerprint density at radius 3 is 2.56 bits per heavy atom. The topological polar surface area (TPSA) is 76.3 Å². The van der Waals surface area contributed by atoms with Gasteiger partial charge in [0.05, 0.1) is 5.56 Å². The van der Waals surface area contributed by atoms with Crippen LogP contribution in [0.15, 0.2) is 23.4 Å². The zero-order valence-electron chi connectivity index (χ0n) is 8.76. The van der Waals surface area contributed by atoms with E-state index in [9.17, 15) is 9.00 Å². The average Bonchev–Trinajstić information content (AvgIpc) is 2.81. The number of amides is 1. The Morgan fingerprint density at radius 2 is 2.06 bits per heavy atom. The van der Waals surface area contributed by atoms with E-state index in [0.717, 1.165) is 25.9 Å². The summed E-state index contributed by atoms with van der Waals surface area (Å²) in [5, 5.41) is 5.47. The van der Waals surface area contributed by atoms with Crippen LogP contribution in [-0.4, -0.2) is 33.1 Å². The molecule has 0 aromatic carbocycles. The second-order valence-electron chi connectivity index (χ2n) is 3.68. The lowest BCUT2D eigenvalue weighted by Crippen LogP contribution is -2.27. The summed E-state index contributed by atoms with van der Waals surface area (Å²) in [6, 6.07) is 3.15. The number of pyridine rings is 1. The number of hydrogen-bond donors (Lipinski definition) is 1. The van der Waals surface area contributed by atoms with Crippen LogP contribution in [0.4, 0.5) is 0 Å². The quantitative estimate of drug-likeness (QED) is 0.806. The van der Waals surface area contributed by atoms with Crippen LogP contribution in [0.5, 0.6) is 0 Å². The van der Waals surface area contributed by atoms with E-state index in [2.05, 4.69) is 4.98 Å². The van der Waals surface area contributed by atoms with Gasteiger partial charge in [-0.25, -0.2) is 14.3 Å². The van der Waals surface area contributed by atoms with Crippen molar-refractivity contribution in [2.75, 3.05) is 13.1 Å². The summed E-state index contributed by atoms with van der Waals surface area (Å²) in [5.41, 5.74) is 0.524. The highest BCUT2D eigenvalue weighted by Gasteiger charge is 2.19. The van der Waals surface area contributed by atoms with Crippen LogP contribution in [0.3, 0.4) is 0 Å². The molecule has 1 amide bonds. The van der Waals surface area contributed by atoms with Gasteiger partial charge in [-0.15, -0.1) is 0 Å². The number of nitrogens with two attached hydrogens (primary N) is 1. The van der Waals surface area contributed by atoms with E-state index < -0.39 is 11.0 Å². The molecule has 0 spiro atoms. The lowest BCUT2D eigenvalue weighted by atomic mass is 10.2. The van der Waals surface area contributed by atoms with E-state index in [-0.39, 0.29) is 10.9 Å². The molecule has 2 N–H and O–H groups in total. The van der Waals surface area contributed by atoms with Gasteiger partial charge in [-0.05, 0) is 25.0 Å². The summed E-state index contributed by atoms with van der Waals surface area (Å²) >= 11 is 0. The smallest absolute Gasteiger partial charge is 0.255 e. The standard InChI is InChI=1S/C10H13N3O2S/c11-16(15)9-4-3-8(7-12-9)10(14)13-5-1-2-6-13/h3-4,7H,1-2,5-6,11H2. The first-order valence-electron chi connectivity index (χ1n) is 5.10. The highest BCUT2D eigenvalue weighted by Crippen LogP contribution is 2.12. The first-order valence-corrected chi connectivity index (χ1v) is 6.31. The largest absolute Gasteiger partial charge is 0.339 e. The lowest BCUT2D eigenvalue weighted by molar-refractivity contribution is 0.0792. The Labute approximate surface area is 96.2 Å². The lowest BCUT2D eigenvalue weighted by Gasteiger charge is -2.14. The first-order chi connectivity index (χ1) is 7.68. The molecule has 1 aliphatic heterocycles. The Bertz CT molecular complexity index is 413. The molecule has 0 aliphatic carbocycles. The van der Waals surface area contributed by atoms with E-state index in [1.807, 2.05) is 0 Å². The molecular weight excluding hydrogens is 226 g/mol. The number of hydrogen-bond acceptors (Lipinski definition) is 3. The normalized spacial score (nSPS) is 17.4. The van der Waals surface area contributed by atoms with E-state index in [4.69, 9.17) is 5.14 Å². The monoisotopic (exact) mass is 239 g/mol. The van der Waals surface area contributed by atoms with E-state index in [0.29, 0.717) is 5.56 Å². The van der Waals surface area contributed by atoms with Crippen molar-refractivity contribution in [2.45, 2.75) is 17.9 Å². The molecule has 1 atom stereocenters. The summed E-state index contributed by atoms with van der Waals surface area (Å²) < 4.78 is 10.9. The third kappa shape index (κ3) is 2.28. The molecular formula is C10H13N3O2S. The van der Waals surface area contributed by atoms with Crippen molar-refractivity contribution in [3.63, 3.8) is 0 Å². The van der Waals surface area contributed by atoms with Gasteiger partial charge in [0.1, 0.15) is 16.0 Å². The number of carbonyl (C=O) groups excluding carboxylic acids is 1.